The van der Waals surface area contributed by atoms with E-state index in [4.69, 9.17) is 16.1 Å². The summed E-state index contributed by atoms with van der Waals surface area (Å²) >= 11 is 5.90. The lowest BCUT2D eigenvalue weighted by atomic mass is 9.87. The molecule has 0 spiro atoms. The third kappa shape index (κ3) is 4.29. The van der Waals surface area contributed by atoms with Gasteiger partial charge in [0.15, 0.2) is 0 Å². The van der Waals surface area contributed by atoms with Crippen molar-refractivity contribution in [3.63, 3.8) is 0 Å². The Labute approximate surface area is 157 Å². The predicted octanol–water partition coefficient (Wildman–Crippen LogP) is 4.62. The van der Waals surface area contributed by atoms with Crippen LogP contribution < -0.4 is 5.32 Å². The second-order valence-corrected chi connectivity index (χ2v) is 7.47. The van der Waals surface area contributed by atoms with Crippen molar-refractivity contribution in [2.24, 2.45) is 0 Å². The van der Waals surface area contributed by atoms with Crippen molar-refractivity contribution < 1.29 is 9.32 Å². The van der Waals surface area contributed by atoms with Crippen LogP contribution in [0.4, 0.5) is 0 Å². The number of amides is 1. The van der Waals surface area contributed by atoms with Crippen molar-refractivity contribution >= 4 is 17.5 Å². The Balaban J connectivity index is 1.65. The van der Waals surface area contributed by atoms with Crippen molar-refractivity contribution in [2.75, 3.05) is 0 Å². The smallest absolute Gasteiger partial charge is 0.251 e. The number of carbonyl (C=O) groups excluding carboxylic acids is 1. The number of benzene rings is 2. The number of carbonyl (C=O) groups is 1. The summed E-state index contributed by atoms with van der Waals surface area (Å²) in [4.78, 5) is 16.5. The molecule has 26 heavy (non-hydrogen) atoms. The van der Waals surface area contributed by atoms with Crippen molar-refractivity contribution in [1.82, 2.24) is 15.5 Å². The van der Waals surface area contributed by atoms with Gasteiger partial charge in [0.25, 0.3) is 5.91 Å². The Hall–Kier alpha value is -2.66. The van der Waals surface area contributed by atoms with E-state index in [9.17, 15) is 4.79 Å². The van der Waals surface area contributed by atoms with Crippen LogP contribution in [0.15, 0.2) is 53.1 Å². The summed E-state index contributed by atoms with van der Waals surface area (Å²) in [6.07, 6.45) is 0. The van der Waals surface area contributed by atoms with E-state index in [2.05, 4.69) is 48.4 Å². The first-order chi connectivity index (χ1) is 12.3. The summed E-state index contributed by atoms with van der Waals surface area (Å²) < 4.78 is 5.22. The number of rotatable bonds is 4. The van der Waals surface area contributed by atoms with E-state index in [1.165, 1.54) is 5.56 Å². The molecule has 1 N–H and O–H groups in total. The molecule has 0 saturated heterocycles. The molecule has 0 radical (unpaired) electrons. The van der Waals surface area contributed by atoms with E-state index >= 15 is 0 Å². The topological polar surface area (TPSA) is 68.0 Å². The lowest BCUT2D eigenvalue weighted by molar-refractivity contribution is 0.0946. The molecule has 0 saturated carbocycles. The number of nitrogens with one attached hydrogen (secondary N) is 1. The highest BCUT2D eigenvalue weighted by atomic mass is 35.5. The van der Waals surface area contributed by atoms with Gasteiger partial charge < -0.3 is 9.84 Å². The molecular formula is C20H20ClN3O2. The van der Waals surface area contributed by atoms with Gasteiger partial charge in [-0.3, -0.25) is 4.79 Å². The van der Waals surface area contributed by atoms with Gasteiger partial charge in [0.2, 0.25) is 11.7 Å². The third-order valence-electron chi connectivity index (χ3n) is 3.96. The maximum atomic E-state index is 12.1. The van der Waals surface area contributed by atoms with E-state index in [-0.39, 0.29) is 17.9 Å². The van der Waals surface area contributed by atoms with Gasteiger partial charge in [0.1, 0.15) is 0 Å². The molecule has 134 valence electrons. The standard InChI is InChI=1S/C20H20ClN3O2/c1-20(2,3)15-9-7-13(8-10-15)18-23-17(26-24-18)12-22-19(25)14-5-4-6-16(21)11-14/h4-11H,12H2,1-3H3,(H,22,25). The summed E-state index contributed by atoms with van der Waals surface area (Å²) in [6.45, 7) is 6.64. The minimum absolute atomic E-state index is 0.0888. The number of halogens is 1. The maximum Gasteiger partial charge on any atom is 0.251 e. The molecule has 5 nitrogen and oxygen atoms in total. The second kappa shape index (κ2) is 7.30. The summed E-state index contributed by atoms with van der Waals surface area (Å²) in [6, 6.07) is 14.8. The fourth-order valence-corrected chi connectivity index (χ4v) is 2.64. The molecule has 0 atom stereocenters. The van der Waals surface area contributed by atoms with Gasteiger partial charge in [-0.15, -0.1) is 0 Å². The van der Waals surface area contributed by atoms with Crippen molar-refractivity contribution in [2.45, 2.75) is 32.7 Å². The minimum atomic E-state index is -0.248. The molecule has 3 rings (SSSR count). The third-order valence-corrected chi connectivity index (χ3v) is 4.20. The second-order valence-electron chi connectivity index (χ2n) is 7.03. The Morgan fingerprint density at radius 3 is 2.54 bits per heavy atom. The highest BCUT2D eigenvalue weighted by Crippen LogP contribution is 2.25. The van der Waals surface area contributed by atoms with Crippen LogP contribution in [-0.2, 0) is 12.0 Å². The molecule has 2 aromatic carbocycles. The highest BCUT2D eigenvalue weighted by molar-refractivity contribution is 6.30. The summed E-state index contributed by atoms with van der Waals surface area (Å²) in [5.41, 5.74) is 2.67. The Bertz CT molecular complexity index is 911. The zero-order chi connectivity index (χ0) is 18.7. The van der Waals surface area contributed by atoms with Gasteiger partial charge in [0, 0.05) is 16.1 Å². The van der Waals surface area contributed by atoms with E-state index in [0.717, 1.165) is 5.56 Å². The zero-order valence-corrected chi connectivity index (χ0v) is 15.7. The molecule has 1 amide bonds. The molecule has 0 bridgehead atoms. The zero-order valence-electron chi connectivity index (χ0n) is 14.9. The lowest BCUT2D eigenvalue weighted by Crippen LogP contribution is -2.22. The average molecular weight is 370 g/mol. The fourth-order valence-electron chi connectivity index (χ4n) is 2.45. The normalized spacial score (nSPS) is 11.4. The van der Waals surface area contributed by atoms with Crippen LogP contribution in [0.3, 0.4) is 0 Å². The van der Waals surface area contributed by atoms with Gasteiger partial charge in [-0.1, -0.05) is 67.9 Å². The first-order valence-electron chi connectivity index (χ1n) is 8.30. The molecule has 6 heteroatoms. The molecule has 0 aliphatic rings. The number of aromatic nitrogens is 2. The van der Waals surface area contributed by atoms with Gasteiger partial charge in [-0.25, -0.2) is 0 Å². The molecule has 1 heterocycles. The van der Waals surface area contributed by atoms with Crippen molar-refractivity contribution in [1.29, 1.82) is 0 Å². The van der Waals surface area contributed by atoms with Crippen LogP contribution in [-0.4, -0.2) is 16.0 Å². The van der Waals surface area contributed by atoms with Crippen LogP contribution in [0.1, 0.15) is 42.6 Å². The Morgan fingerprint density at radius 1 is 1.15 bits per heavy atom. The SMILES string of the molecule is CC(C)(C)c1ccc(-c2noc(CNC(=O)c3cccc(Cl)c3)n2)cc1. The molecule has 1 aromatic heterocycles. The summed E-state index contributed by atoms with van der Waals surface area (Å²) in [7, 11) is 0. The largest absolute Gasteiger partial charge is 0.343 e. The summed E-state index contributed by atoms with van der Waals surface area (Å²) in [5.74, 6) is 0.592. The maximum absolute atomic E-state index is 12.1. The van der Waals surface area contributed by atoms with Crippen LogP contribution in [0.25, 0.3) is 11.4 Å². The first-order valence-corrected chi connectivity index (χ1v) is 8.68. The quantitative estimate of drug-likeness (QED) is 0.728. The molecule has 3 aromatic rings. The highest BCUT2D eigenvalue weighted by Gasteiger charge is 2.15. The Kier molecular flexibility index (Phi) is 5.09. The van der Waals surface area contributed by atoms with Gasteiger partial charge >= 0.3 is 0 Å². The van der Waals surface area contributed by atoms with E-state index in [1.807, 2.05) is 12.1 Å². The van der Waals surface area contributed by atoms with Gasteiger partial charge in [-0.05, 0) is 29.2 Å². The predicted molar refractivity (Wildman–Crippen MR) is 101 cm³/mol. The Morgan fingerprint density at radius 2 is 1.88 bits per heavy atom. The number of hydrogen-bond donors (Lipinski definition) is 1. The monoisotopic (exact) mass is 369 g/mol. The minimum Gasteiger partial charge on any atom is -0.343 e. The first kappa shape index (κ1) is 18.1. The lowest BCUT2D eigenvalue weighted by Gasteiger charge is -2.18. The van der Waals surface area contributed by atoms with Crippen LogP contribution in [0.2, 0.25) is 5.02 Å². The molecule has 0 fully saturated rings. The summed E-state index contributed by atoms with van der Waals surface area (Å²) in [5, 5.41) is 7.24. The van der Waals surface area contributed by atoms with E-state index < -0.39 is 0 Å². The average Bonchev–Trinajstić information content (AvgIpc) is 3.08. The van der Waals surface area contributed by atoms with Crippen LogP contribution >= 0.6 is 11.6 Å². The molecule has 0 aliphatic carbocycles. The fraction of sp³-hybridized carbons (Fsp3) is 0.250. The molecular weight excluding hydrogens is 350 g/mol. The van der Waals surface area contributed by atoms with Gasteiger partial charge in [-0.2, -0.15) is 4.98 Å². The van der Waals surface area contributed by atoms with Crippen molar-refractivity contribution in [3.05, 3.63) is 70.6 Å². The van der Waals surface area contributed by atoms with Crippen LogP contribution in [0.5, 0.6) is 0 Å². The molecule has 0 unspecified atom stereocenters. The van der Waals surface area contributed by atoms with Crippen molar-refractivity contribution in [3.8, 4) is 11.4 Å². The molecule has 0 aliphatic heterocycles. The van der Waals surface area contributed by atoms with E-state index in [1.54, 1.807) is 24.3 Å². The van der Waals surface area contributed by atoms with Crippen LogP contribution in [0, 0.1) is 0 Å². The van der Waals surface area contributed by atoms with Gasteiger partial charge in [0.05, 0.1) is 6.54 Å². The van der Waals surface area contributed by atoms with E-state index in [0.29, 0.717) is 22.3 Å². The number of nitrogens with zero attached hydrogens (tertiary/aromatic N) is 2. The number of hydrogen-bond acceptors (Lipinski definition) is 4.